The smallest absolute Gasteiger partial charge is 0.196 e. The quantitative estimate of drug-likeness (QED) is 0.843. The van der Waals surface area contributed by atoms with Gasteiger partial charge in [-0.05, 0) is 58.4 Å². The molecule has 3 nitrogen and oxygen atoms in total. The van der Waals surface area contributed by atoms with Crippen molar-refractivity contribution in [3.8, 4) is 5.88 Å². The summed E-state index contributed by atoms with van der Waals surface area (Å²) in [7, 11) is 3.95. The van der Waals surface area contributed by atoms with Crippen LogP contribution in [-0.2, 0) is 24.6 Å². The van der Waals surface area contributed by atoms with E-state index in [1.807, 2.05) is 0 Å². The molecular formula is C17H27NO2. The molecule has 0 spiro atoms. The van der Waals surface area contributed by atoms with Crippen LogP contribution in [0.3, 0.4) is 0 Å². The molecule has 20 heavy (non-hydrogen) atoms. The molecule has 1 aromatic heterocycles. The van der Waals surface area contributed by atoms with Gasteiger partial charge in [0.2, 0.25) is 0 Å². The van der Waals surface area contributed by atoms with E-state index in [0.29, 0.717) is 12.0 Å². The predicted octanol–water partition coefficient (Wildman–Crippen LogP) is 3.58. The van der Waals surface area contributed by atoms with Crippen LogP contribution < -0.4 is 4.74 Å². The monoisotopic (exact) mass is 277 g/mol. The number of fused-ring (bicyclic) bond motifs is 1. The van der Waals surface area contributed by atoms with Crippen LogP contribution in [0.4, 0.5) is 0 Å². The van der Waals surface area contributed by atoms with E-state index in [0.717, 1.165) is 12.3 Å². The average Bonchev–Trinajstić information content (AvgIpc) is 3.02. The Hall–Kier alpha value is -0.960. The van der Waals surface area contributed by atoms with E-state index in [2.05, 4.69) is 32.4 Å². The Kier molecular flexibility index (Phi) is 3.36. The molecule has 0 N–H and O–H groups in total. The zero-order chi connectivity index (χ0) is 14.5. The minimum absolute atomic E-state index is 0.0469. The number of hydrogen-bond acceptors (Lipinski definition) is 2. The van der Waals surface area contributed by atoms with E-state index in [9.17, 15) is 0 Å². The molecule has 1 fully saturated rings. The Morgan fingerprint density at radius 1 is 1.10 bits per heavy atom. The van der Waals surface area contributed by atoms with Crippen molar-refractivity contribution in [3.05, 3.63) is 16.8 Å². The van der Waals surface area contributed by atoms with Gasteiger partial charge in [0.1, 0.15) is 0 Å². The first-order valence-corrected chi connectivity index (χ1v) is 7.84. The lowest BCUT2D eigenvalue weighted by Gasteiger charge is -2.20. The van der Waals surface area contributed by atoms with Gasteiger partial charge in [0.15, 0.2) is 5.88 Å². The van der Waals surface area contributed by atoms with Gasteiger partial charge in [-0.15, -0.1) is 0 Å². The summed E-state index contributed by atoms with van der Waals surface area (Å²) in [6, 6.07) is 0. The second-order valence-corrected chi connectivity index (χ2v) is 7.23. The third kappa shape index (κ3) is 2.37. The molecule has 1 aromatic rings. The van der Waals surface area contributed by atoms with Crippen molar-refractivity contribution in [1.29, 1.82) is 0 Å². The summed E-state index contributed by atoms with van der Waals surface area (Å²) >= 11 is 0. The molecule has 0 amide bonds. The second-order valence-electron chi connectivity index (χ2n) is 7.23. The van der Waals surface area contributed by atoms with E-state index < -0.39 is 0 Å². The summed E-state index contributed by atoms with van der Waals surface area (Å²) in [5.74, 6) is 1.64. The first-order valence-electron chi connectivity index (χ1n) is 7.84. The summed E-state index contributed by atoms with van der Waals surface area (Å²) in [5, 5.41) is 0. The molecule has 0 aliphatic heterocycles. The lowest BCUT2D eigenvalue weighted by atomic mass is 9.92. The first kappa shape index (κ1) is 14.0. The van der Waals surface area contributed by atoms with Crippen LogP contribution in [0.25, 0.3) is 0 Å². The van der Waals surface area contributed by atoms with Gasteiger partial charge in [0, 0.05) is 24.2 Å². The molecule has 0 aromatic carbocycles. The van der Waals surface area contributed by atoms with Crippen molar-refractivity contribution >= 4 is 0 Å². The van der Waals surface area contributed by atoms with Crippen LogP contribution in [0.5, 0.6) is 5.88 Å². The maximum Gasteiger partial charge on any atom is 0.196 e. The summed E-state index contributed by atoms with van der Waals surface area (Å²) in [4.78, 5) is 0. The highest BCUT2D eigenvalue weighted by molar-refractivity contribution is 5.47. The second kappa shape index (κ2) is 4.80. The lowest BCUT2D eigenvalue weighted by Crippen LogP contribution is -2.21. The number of rotatable bonds is 3. The fourth-order valence-corrected chi connectivity index (χ4v) is 3.71. The van der Waals surface area contributed by atoms with Gasteiger partial charge in [-0.1, -0.05) is 0 Å². The third-order valence-electron chi connectivity index (χ3n) is 4.48. The third-order valence-corrected chi connectivity index (χ3v) is 4.48. The molecule has 0 saturated heterocycles. The number of hydrogen-bond donors (Lipinski definition) is 0. The Morgan fingerprint density at radius 3 is 2.35 bits per heavy atom. The Morgan fingerprint density at radius 2 is 1.75 bits per heavy atom. The standard InChI is InChI=1S/C17H27NO2/c1-17(2,3)20-14-10-13(14)15-11-8-6-7-9-12(11)16(19-5)18(15)4/h13-14H,6-10H2,1-5H3/t13-,14+/m1/s1. The Balaban J connectivity index is 1.89. The molecule has 3 rings (SSSR count). The van der Waals surface area contributed by atoms with Gasteiger partial charge in [-0.3, -0.25) is 0 Å². The molecule has 1 saturated carbocycles. The summed E-state index contributed by atoms with van der Waals surface area (Å²) in [6.45, 7) is 6.43. The molecule has 112 valence electrons. The highest BCUT2D eigenvalue weighted by Gasteiger charge is 2.46. The molecular weight excluding hydrogens is 250 g/mol. The number of ether oxygens (including phenoxy) is 2. The van der Waals surface area contributed by atoms with Crippen molar-refractivity contribution in [2.45, 2.75) is 70.5 Å². The van der Waals surface area contributed by atoms with Crippen LogP contribution in [0.1, 0.15) is 62.8 Å². The van der Waals surface area contributed by atoms with Crippen LogP contribution in [-0.4, -0.2) is 23.4 Å². The Labute approximate surface area is 122 Å². The molecule has 2 aliphatic rings. The van der Waals surface area contributed by atoms with E-state index in [1.165, 1.54) is 36.9 Å². The van der Waals surface area contributed by atoms with E-state index in [4.69, 9.17) is 9.47 Å². The van der Waals surface area contributed by atoms with Crippen LogP contribution >= 0.6 is 0 Å². The van der Waals surface area contributed by atoms with E-state index in [1.54, 1.807) is 12.7 Å². The lowest BCUT2D eigenvalue weighted by molar-refractivity contribution is -0.0179. The van der Waals surface area contributed by atoms with Crippen molar-refractivity contribution in [1.82, 2.24) is 4.57 Å². The van der Waals surface area contributed by atoms with Crippen molar-refractivity contribution in [2.75, 3.05) is 7.11 Å². The molecule has 0 unspecified atom stereocenters. The fraction of sp³-hybridized carbons (Fsp3) is 0.765. The van der Waals surface area contributed by atoms with Gasteiger partial charge in [0.05, 0.1) is 18.8 Å². The zero-order valence-corrected chi connectivity index (χ0v) is 13.5. The SMILES string of the molecule is COc1c2c(c([C@@H]3C[C@@H]3OC(C)(C)C)n1C)CCCC2. The molecule has 2 aliphatic carbocycles. The van der Waals surface area contributed by atoms with E-state index in [-0.39, 0.29) is 5.60 Å². The largest absolute Gasteiger partial charge is 0.482 e. The Bertz CT molecular complexity index is 510. The predicted molar refractivity (Wildman–Crippen MR) is 80.6 cm³/mol. The average molecular weight is 277 g/mol. The molecule has 2 atom stereocenters. The molecule has 1 heterocycles. The van der Waals surface area contributed by atoms with E-state index >= 15 is 0 Å². The van der Waals surface area contributed by atoms with Crippen molar-refractivity contribution in [3.63, 3.8) is 0 Å². The van der Waals surface area contributed by atoms with Crippen molar-refractivity contribution in [2.24, 2.45) is 7.05 Å². The highest BCUT2D eigenvalue weighted by atomic mass is 16.5. The number of methoxy groups -OCH3 is 1. The van der Waals surface area contributed by atoms with Crippen molar-refractivity contribution < 1.29 is 9.47 Å². The zero-order valence-electron chi connectivity index (χ0n) is 13.5. The van der Waals surface area contributed by atoms with Gasteiger partial charge < -0.3 is 14.0 Å². The molecule has 0 radical (unpaired) electrons. The van der Waals surface area contributed by atoms with Crippen LogP contribution in [0, 0.1) is 0 Å². The van der Waals surface area contributed by atoms with Crippen LogP contribution in [0.2, 0.25) is 0 Å². The summed E-state index contributed by atoms with van der Waals surface area (Å²) < 4.78 is 14.1. The highest BCUT2D eigenvalue weighted by Crippen LogP contribution is 2.50. The molecule has 3 heteroatoms. The normalized spacial score (nSPS) is 25.4. The number of aromatic nitrogens is 1. The van der Waals surface area contributed by atoms with Gasteiger partial charge in [0.25, 0.3) is 0 Å². The van der Waals surface area contributed by atoms with Gasteiger partial charge in [-0.2, -0.15) is 0 Å². The molecule has 0 bridgehead atoms. The van der Waals surface area contributed by atoms with Gasteiger partial charge >= 0.3 is 0 Å². The summed E-state index contributed by atoms with van der Waals surface area (Å²) in [5.41, 5.74) is 4.44. The van der Waals surface area contributed by atoms with Crippen LogP contribution in [0.15, 0.2) is 0 Å². The fourth-order valence-electron chi connectivity index (χ4n) is 3.71. The maximum absolute atomic E-state index is 6.15. The maximum atomic E-state index is 6.15. The number of nitrogens with zero attached hydrogens (tertiary/aromatic N) is 1. The first-order chi connectivity index (χ1) is 9.42. The van der Waals surface area contributed by atoms with Gasteiger partial charge in [-0.25, -0.2) is 0 Å². The topological polar surface area (TPSA) is 23.4 Å². The minimum atomic E-state index is -0.0469. The minimum Gasteiger partial charge on any atom is -0.482 e. The summed E-state index contributed by atoms with van der Waals surface area (Å²) in [6.07, 6.45) is 6.53.